The second kappa shape index (κ2) is 62.9. The van der Waals surface area contributed by atoms with Gasteiger partial charge >= 0.3 is 0 Å². The number of carbonyl (C=O) groups is 1. The lowest BCUT2D eigenvalue weighted by Gasteiger charge is -2.48. The molecular weight excluding hydrogens is 1310 g/mol. The molecule has 1 amide bonds. The van der Waals surface area contributed by atoms with Crippen molar-refractivity contribution < 1.29 is 89.4 Å². The average Bonchev–Trinajstić information content (AvgIpc) is 0.781. The molecule has 0 bridgehead atoms. The van der Waals surface area contributed by atoms with Crippen molar-refractivity contribution in [1.82, 2.24) is 5.32 Å². The summed E-state index contributed by atoms with van der Waals surface area (Å²) in [6.45, 7) is 1.67. The molecule has 0 aromatic carbocycles. The van der Waals surface area contributed by atoms with Crippen LogP contribution in [0.2, 0.25) is 0 Å². The number of allylic oxidation sites excluding steroid dienone is 22. The number of hydrogen-bond donors (Lipinski definition) is 12. The van der Waals surface area contributed by atoms with Crippen LogP contribution in [0.15, 0.2) is 134 Å². The predicted octanol–water partition coefficient (Wildman–Crippen LogP) is 13.3. The van der Waals surface area contributed by atoms with Crippen molar-refractivity contribution in [1.29, 1.82) is 0 Å². The van der Waals surface area contributed by atoms with Gasteiger partial charge in [-0.05, 0) is 96.3 Å². The smallest absolute Gasteiger partial charge is 0.220 e. The largest absolute Gasteiger partial charge is 0.394 e. The highest BCUT2D eigenvalue weighted by Gasteiger charge is 2.54. The summed E-state index contributed by atoms with van der Waals surface area (Å²) in [6, 6.07) is -0.917. The zero-order chi connectivity index (χ0) is 74.6. The molecule has 0 aliphatic carbocycles. The van der Waals surface area contributed by atoms with Crippen LogP contribution in [-0.2, 0) is 33.2 Å². The van der Waals surface area contributed by atoms with Gasteiger partial charge in [0.1, 0.15) is 73.2 Å². The van der Waals surface area contributed by atoms with Crippen LogP contribution in [0.1, 0.15) is 258 Å². The third-order valence-corrected chi connectivity index (χ3v) is 19.0. The third-order valence-electron chi connectivity index (χ3n) is 19.0. The fourth-order valence-corrected chi connectivity index (χ4v) is 12.6. The third kappa shape index (κ3) is 42.9. The molecule has 17 atom stereocenters. The highest BCUT2D eigenvalue weighted by Crippen LogP contribution is 2.33. The molecule has 0 saturated carbocycles. The minimum Gasteiger partial charge on any atom is -0.394 e. The van der Waals surface area contributed by atoms with Crippen molar-refractivity contribution in [3.05, 3.63) is 134 Å². The summed E-state index contributed by atoms with van der Waals surface area (Å²) in [5, 5.41) is 121. The molecule has 3 saturated heterocycles. The summed E-state index contributed by atoms with van der Waals surface area (Å²) in [6.07, 6.45) is 62.4. The SMILES string of the molecule is CC/C=C\C/C=C\C/C=C\C/C=C\C/C=C\C/C=C\C/C=C\C/C=C\C/C=C\C/C=C\C/C=C\CCCCCC(=O)NC(COC1OC(CO)C(OC2OC(CO)C(OC3OC(CO)C(O)C(O)C3O)C(O)C2O)C(O)C1O)C(O)CCCCCCCCCCCCCCCCCCCCCCC. The summed E-state index contributed by atoms with van der Waals surface area (Å²) < 4.78 is 34.5. The van der Waals surface area contributed by atoms with Crippen LogP contribution >= 0.6 is 0 Å². The van der Waals surface area contributed by atoms with Gasteiger partial charge in [-0.2, -0.15) is 0 Å². The first kappa shape index (κ1) is 93.1. The molecule has 3 aliphatic heterocycles. The highest BCUT2D eigenvalue weighted by atomic mass is 16.8. The fraction of sp³-hybridized carbons (Fsp3) is 0.726. The zero-order valence-electron chi connectivity index (χ0n) is 63.0. The van der Waals surface area contributed by atoms with Gasteiger partial charge in [-0.15, -0.1) is 0 Å². The van der Waals surface area contributed by atoms with E-state index in [0.29, 0.717) is 19.3 Å². The van der Waals surface area contributed by atoms with E-state index in [0.717, 1.165) is 109 Å². The second-order valence-electron chi connectivity index (χ2n) is 27.8. The molecule has 3 heterocycles. The van der Waals surface area contributed by atoms with Gasteiger partial charge in [0.05, 0.1) is 38.6 Å². The van der Waals surface area contributed by atoms with Gasteiger partial charge in [-0.1, -0.05) is 289 Å². The Bertz CT molecular complexity index is 2380. The van der Waals surface area contributed by atoms with Gasteiger partial charge in [-0.3, -0.25) is 4.79 Å². The zero-order valence-corrected chi connectivity index (χ0v) is 63.0. The molecule has 3 fully saturated rings. The van der Waals surface area contributed by atoms with Gasteiger partial charge in [0.2, 0.25) is 5.91 Å². The van der Waals surface area contributed by atoms with E-state index in [9.17, 15) is 61.0 Å². The quantitative estimate of drug-likeness (QED) is 0.0199. The van der Waals surface area contributed by atoms with Gasteiger partial charge in [0.25, 0.3) is 0 Å². The van der Waals surface area contributed by atoms with Crippen LogP contribution in [0.3, 0.4) is 0 Å². The normalized spacial score (nSPS) is 26.8. The molecular formula is C84H141NO18. The number of hydrogen-bond acceptors (Lipinski definition) is 18. The lowest BCUT2D eigenvalue weighted by atomic mass is 9.96. The van der Waals surface area contributed by atoms with E-state index in [2.05, 4.69) is 153 Å². The molecule has 19 heteroatoms. The average molecular weight is 1450 g/mol. The Balaban J connectivity index is 1.38. The first-order valence-corrected chi connectivity index (χ1v) is 39.9. The number of ether oxygens (including phenoxy) is 6. The molecule has 12 N–H and O–H groups in total. The van der Waals surface area contributed by atoms with E-state index >= 15 is 0 Å². The number of aliphatic hydroxyl groups is 11. The van der Waals surface area contributed by atoms with Crippen LogP contribution in [-0.4, -0.2) is 193 Å². The summed E-state index contributed by atoms with van der Waals surface area (Å²) in [5.41, 5.74) is 0. The Labute approximate surface area is 620 Å². The van der Waals surface area contributed by atoms with E-state index in [-0.39, 0.29) is 18.9 Å². The maximum Gasteiger partial charge on any atom is 0.220 e. The Hall–Kier alpha value is -4.07. The molecule has 0 aromatic rings. The van der Waals surface area contributed by atoms with E-state index in [4.69, 9.17) is 28.4 Å². The Kier molecular flexibility index (Phi) is 56.9. The molecule has 17 unspecified atom stereocenters. The van der Waals surface area contributed by atoms with E-state index < -0.39 is 124 Å². The topological polar surface area (TPSA) is 307 Å². The number of nitrogens with one attached hydrogen (secondary N) is 1. The maximum absolute atomic E-state index is 13.5. The first-order valence-electron chi connectivity index (χ1n) is 39.9. The number of unbranched alkanes of at least 4 members (excludes halogenated alkanes) is 23. The number of carbonyl (C=O) groups excluding carboxylic acids is 1. The fourth-order valence-electron chi connectivity index (χ4n) is 12.6. The van der Waals surface area contributed by atoms with E-state index in [1.54, 1.807) is 0 Å². The first-order chi connectivity index (χ1) is 50.3. The summed E-state index contributed by atoms with van der Waals surface area (Å²) in [4.78, 5) is 13.5. The van der Waals surface area contributed by atoms with Crippen LogP contribution in [0.25, 0.3) is 0 Å². The van der Waals surface area contributed by atoms with Crippen LogP contribution < -0.4 is 5.32 Å². The monoisotopic (exact) mass is 1450 g/mol. The van der Waals surface area contributed by atoms with Gasteiger partial charge < -0.3 is 89.9 Å². The molecule has 103 heavy (non-hydrogen) atoms. The Morgan fingerprint density at radius 2 is 0.670 bits per heavy atom. The Morgan fingerprint density at radius 1 is 0.359 bits per heavy atom. The number of amides is 1. The van der Waals surface area contributed by atoms with Gasteiger partial charge in [-0.25, -0.2) is 0 Å². The maximum atomic E-state index is 13.5. The molecule has 590 valence electrons. The van der Waals surface area contributed by atoms with Gasteiger partial charge in [0.15, 0.2) is 18.9 Å². The van der Waals surface area contributed by atoms with Crippen molar-refractivity contribution in [3.8, 4) is 0 Å². The van der Waals surface area contributed by atoms with Crippen molar-refractivity contribution in [3.63, 3.8) is 0 Å². The minimum absolute atomic E-state index is 0.218. The minimum atomic E-state index is -1.98. The van der Waals surface area contributed by atoms with Crippen molar-refractivity contribution in [2.75, 3.05) is 26.4 Å². The lowest BCUT2D eigenvalue weighted by molar-refractivity contribution is -0.379. The summed E-state index contributed by atoms with van der Waals surface area (Å²) in [5.74, 6) is -0.278. The lowest BCUT2D eigenvalue weighted by Crippen LogP contribution is -2.66. The van der Waals surface area contributed by atoms with E-state index in [1.807, 2.05) is 0 Å². The molecule has 0 radical (unpaired) electrons. The highest BCUT2D eigenvalue weighted by molar-refractivity contribution is 5.76. The number of aliphatic hydroxyl groups excluding tert-OH is 11. The Morgan fingerprint density at radius 3 is 1.04 bits per heavy atom. The molecule has 19 nitrogen and oxygen atoms in total. The van der Waals surface area contributed by atoms with Gasteiger partial charge in [0, 0.05) is 6.42 Å². The predicted molar refractivity (Wildman–Crippen MR) is 410 cm³/mol. The summed E-state index contributed by atoms with van der Waals surface area (Å²) >= 11 is 0. The second-order valence-corrected chi connectivity index (χ2v) is 27.8. The van der Waals surface area contributed by atoms with Crippen molar-refractivity contribution in [2.24, 2.45) is 0 Å². The van der Waals surface area contributed by atoms with E-state index in [1.165, 1.54) is 109 Å². The number of rotatable bonds is 61. The molecule has 0 aromatic heterocycles. The molecule has 3 aliphatic rings. The molecule has 0 spiro atoms. The van der Waals surface area contributed by atoms with Crippen molar-refractivity contribution in [2.45, 2.75) is 362 Å². The van der Waals surface area contributed by atoms with Crippen molar-refractivity contribution >= 4 is 5.91 Å². The standard InChI is InChI=1S/C84H141NO18/c1-3-5-7-9-11-13-15-17-19-21-23-25-26-27-28-29-30-31-32-33-34-35-36-37-38-39-40-42-44-46-48-50-52-54-56-58-60-62-72(90)85-67(68(89)61-59-57-55-53-51-49-47-45-43-41-24-22-20-18-16-14-12-10-8-6-4-2)66-98-82-78(96)75(93)80(70(64-87)100-82)103-84-79(97)76(94)81(71(65-88)101-84)102-83-77(95)74(92)73(91)69(63-86)99-83/h5,7,11,13,17,19,23,25,27-28,30-31,33-34,36-37,39-40,44,46,50,52,67-71,73-84,86-89,91-97H,3-4,6,8-10,12,14-16,18,20-22,24,26,29,32,35,38,41-43,45,47-49,51,53-66H2,1-2H3,(H,85,90)/b7-5-,13-11-,19-17-,25-23-,28-27-,31-30-,34-33-,37-36-,40-39-,46-44-,52-50-. The summed E-state index contributed by atoms with van der Waals surface area (Å²) in [7, 11) is 0. The van der Waals surface area contributed by atoms with Crippen LogP contribution in [0.5, 0.6) is 0 Å². The van der Waals surface area contributed by atoms with Crippen LogP contribution in [0.4, 0.5) is 0 Å². The van der Waals surface area contributed by atoms with Crippen LogP contribution in [0, 0.1) is 0 Å². The molecule has 3 rings (SSSR count).